The highest BCUT2D eigenvalue weighted by Gasteiger charge is 2.52. The van der Waals surface area contributed by atoms with Gasteiger partial charge in [-0.2, -0.15) is 5.10 Å². The van der Waals surface area contributed by atoms with Crippen molar-refractivity contribution in [3.8, 4) is 5.75 Å². The first-order chi connectivity index (χ1) is 13.6. The van der Waals surface area contributed by atoms with Crippen molar-refractivity contribution in [1.29, 1.82) is 0 Å². The average molecular weight is 441 g/mol. The summed E-state index contributed by atoms with van der Waals surface area (Å²) in [6, 6.07) is 10.3. The molecule has 5 rings (SSSR count). The normalized spacial score (nSPS) is 22.4. The Morgan fingerprint density at radius 3 is 2.68 bits per heavy atom. The summed E-state index contributed by atoms with van der Waals surface area (Å²) in [6.45, 7) is 3.00. The van der Waals surface area contributed by atoms with Crippen molar-refractivity contribution in [2.75, 3.05) is 13.1 Å². The lowest BCUT2D eigenvalue weighted by Gasteiger charge is -2.51. The minimum absolute atomic E-state index is 0.119. The number of ether oxygens (including phenoxy) is 1. The third kappa shape index (κ3) is 2.80. The number of halogens is 1. The van der Waals surface area contributed by atoms with Gasteiger partial charge in [0, 0.05) is 67.3 Å². The molecular formula is C21H21BrN4O2. The van der Waals surface area contributed by atoms with Gasteiger partial charge in [-0.3, -0.25) is 9.78 Å². The van der Waals surface area contributed by atoms with Crippen LogP contribution in [0.15, 0.2) is 52.3 Å². The zero-order valence-corrected chi connectivity index (χ0v) is 17.2. The van der Waals surface area contributed by atoms with Crippen LogP contribution in [0.3, 0.4) is 0 Å². The standard InChI is InChI=1S/C21H21BrN4O2/c1-14(27)25-10-6-21(7-11-25)26-19(17-12-16(22)2-3-20(17)28-21)13-18(24-26)15-4-8-23-9-5-15/h2-5,8-9,12,19H,6-7,10-11,13H2,1H3. The first-order valence-corrected chi connectivity index (χ1v) is 10.4. The molecule has 0 aliphatic carbocycles. The molecule has 144 valence electrons. The number of aromatic nitrogens is 1. The molecule has 4 heterocycles. The molecule has 28 heavy (non-hydrogen) atoms. The summed E-state index contributed by atoms with van der Waals surface area (Å²) < 4.78 is 7.63. The fourth-order valence-corrected chi connectivity index (χ4v) is 4.85. The molecule has 6 nitrogen and oxygen atoms in total. The molecule has 7 heteroatoms. The maximum absolute atomic E-state index is 11.8. The number of nitrogens with zero attached hydrogens (tertiary/aromatic N) is 4. The van der Waals surface area contributed by atoms with E-state index in [1.54, 1.807) is 19.3 Å². The largest absolute Gasteiger partial charge is 0.466 e. The number of hydrazone groups is 1. The quantitative estimate of drug-likeness (QED) is 0.677. The monoisotopic (exact) mass is 440 g/mol. The van der Waals surface area contributed by atoms with E-state index in [-0.39, 0.29) is 11.9 Å². The van der Waals surface area contributed by atoms with Crippen LogP contribution in [-0.4, -0.2) is 45.3 Å². The number of hydrogen-bond acceptors (Lipinski definition) is 5. The summed E-state index contributed by atoms with van der Waals surface area (Å²) >= 11 is 3.59. The second-order valence-corrected chi connectivity index (χ2v) is 8.50. The molecule has 1 atom stereocenters. The number of amides is 1. The van der Waals surface area contributed by atoms with Crippen LogP contribution in [0.2, 0.25) is 0 Å². The van der Waals surface area contributed by atoms with E-state index in [9.17, 15) is 4.79 Å². The summed E-state index contributed by atoms with van der Waals surface area (Å²) in [6.07, 6.45) is 5.92. The van der Waals surface area contributed by atoms with Gasteiger partial charge in [0.05, 0.1) is 11.8 Å². The number of benzene rings is 1. The van der Waals surface area contributed by atoms with Crippen LogP contribution in [0.5, 0.6) is 5.75 Å². The molecule has 1 unspecified atom stereocenters. The minimum Gasteiger partial charge on any atom is -0.466 e. The number of rotatable bonds is 1. The lowest BCUT2D eigenvalue weighted by molar-refractivity contribution is -0.158. The first kappa shape index (κ1) is 17.7. The number of carbonyl (C=O) groups is 1. The van der Waals surface area contributed by atoms with Gasteiger partial charge >= 0.3 is 0 Å². The van der Waals surface area contributed by atoms with Crippen LogP contribution in [0.25, 0.3) is 0 Å². The fourth-order valence-electron chi connectivity index (χ4n) is 4.47. The first-order valence-electron chi connectivity index (χ1n) is 9.57. The van der Waals surface area contributed by atoms with Gasteiger partial charge in [-0.05, 0) is 30.3 Å². The molecule has 0 radical (unpaired) electrons. The van der Waals surface area contributed by atoms with Gasteiger partial charge in [0.2, 0.25) is 11.6 Å². The topological polar surface area (TPSA) is 58.0 Å². The van der Waals surface area contributed by atoms with Crippen molar-refractivity contribution in [2.24, 2.45) is 5.10 Å². The lowest BCUT2D eigenvalue weighted by atomic mass is 9.91. The van der Waals surface area contributed by atoms with Crippen LogP contribution in [-0.2, 0) is 4.79 Å². The Labute approximate surface area is 172 Å². The zero-order chi connectivity index (χ0) is 19.3. The van der Waals surface area contributed by atoms with Gasteiger partial charge in [-0.15, -0.1) is 0 Å². The van der Waals surface area contributed by atoms with E-state index in [0.717, 1.165) is 46.3 Å². The maximum atomic E-state index is 11.8. The van der Waals surface area contributed by atoms with Gasteiger partial charge < -0.3 is 9.64 Å². The summed E-state index contributed by atoms with van der Waals surface area (Å²) in [5.74, 6) is 1.04. The predicted molar refractivity (Wildman–Crippen MR) is 109 cm³/mol. The summed E-state index contributed by atoms with van der Waals surface area (Å²) in [5, 5.41) is 7.20. The Hall–Kier alpha value is -2.41. The van der Waals surface area contributed by atoms with E-state index in [1.807, 2.05) is 29.2 Å². The molecule has 1 fully saturated rings. The van der Waals surface area contributed by atoms with Crippen molar-refractivity contribution in [2.45, 2.75) is 38.0 Å². The van der Waals surface area contributed by atoms with E-state index in [0.29, 0.717) is 13.1 Å². The molecule has 0 bridgehead atoms. The molecule has 0 N–H and O–H groups in total. The van der Waals surface area contributed by atoms with Crippen LogP contribution < -0.4 is 4.74 Å². The lowest BCUT2D eigenvalue weighted by Crippen LogP contribution is -2.59. The number of likely N-dealkylation sites (tertiary alicyclic amines) is 1. The highest BCUT2D eigenvalue weighted by Crippen LogP contribution is 2.50. The number of fused-ring (bicyclic) bond motifs is 4. The van der Waals surface area contributed by atoms with Gasteiger partial charge in [0.1, 0.15) is 5.75 Å². The van der Waals surface area contributed by atoms with Crippen LogP contribution in [0, 0.1) is 0 Å². The third-order valence-corrected chi connectivity index (χ3v) is 6.46. The Morgan fingerprint density at radius 1 is 1.21 bits per heavy atom. The van der Waals surface area contributed by atoms with Crippen LogP contribution >= 0.6 is 15.9 Å². The predicted octanol–water partition coefficient (Wildman–Crippen LogP) is 3.73. The van der Waals surface area contributed by atoms with Crippen molar-refractivity contribution in [3.63, 3.8) is 0 Å². The molecule has 1 aromatic carbocycles. The molecule has 3 aliphatic rings. The number of pyridine rings is 1. The molecule has 1 saturated heterocycles. The van der Waals surface area contributed by atoms with Crippen molar-refractivity contribution < 1.29 is 9.53 Å². The van der Waals surface area contributed by atoms with E-state index in [2.05, 4.69) is 32.0 Å². The van der Waals surface area contributed by atoms with Gasteiger partial charge in [0.15, 0.2) is 0 Å². The molecule has 1 aromatic heterocycles. The zero-order valence-electron chi connectivity index (χ0n) is 15.6. The SMILES string of the molecule is CC(=O)N1CCC2(CC1)Oc1ccc(Br)cc1C1CC(c3ccncc3)=NN12. The van der Waals surface area contributed by atoms with Crippen LogP contribution in [0.4, 0.5) is 0 Å². The molecule has 1 spiro atoms. The van der Waals surface area contributed by atoms with Crippen molar-refractivity contribution in [3.05, 3.63) is 58.3 Å². The van der Waals surface area contributed by atoms with Gasteiger partial charge in [0.25, 0.3) is 0 Å². The Bertz CT molecular complexity index is 954. The fraction of sp³-hybridized carbons (Fsp3) is 0.381. The highest BCUT2D eigenvalue weighted by molar-refractivity contribution is 9.10. The summed E-state index contributed by atoms with van der Waals surface area (Å²) in [5.41, 5.74) is 2.79. The van der Waals surface area contributed by atoms with E-state index in [4.69, 9.17) is 9.84 Å². The summed E-state index contributed by atoms with van der Waals surface area (Å²) in [7, 11) is 0. The molecular weight excluding hydrogens is 420 g/mol. The number of piperidine rings is 1. The Balaban J connectivity index is 1.56. The number of carbonyl (C=O) groups excluding carboxylic acids is 1. The average Bonchev–Trinajstić information content (AvgIpc) is 3.17. The van der Waals surface area contributed by atoms with E-state index < -0.39 is 5.72 Å². The van der Waals surface area contributed by atoms with E-state index >= 15 is 0 Å². The van der Waals surface area contributed by atoms with Gasteiger partial charge in [-0.25, -0.2) is 5.01 Å². The Morgan fingerprint density at radius 2 is 1.96 bits per heavy atom. The molecule has 0 saturated carbocycles. The molecule has 3 aliphatic heterocycles. The maximum Gasteiger partial charge on any atom is 0.219 e. The second-order valence-electron chi connectivity index (χ2n) is 7.58. The molecule has 2 aromatic rings. The highest BCUT2D eigenvalue weighted by atomic mass is 79.9. The number of hydrogen-bond donors (Lipinski definition) is 0. The third-order valence-electron chi connectivity index (χ3n) is 5.96. The molecule has 1 amide bonds. The van der Waals surface area contributed by atoms with Crippen molar-refractivity contribution in [1.82, 2.24) is 14.9 Å². The smallest absolute Gasteiger partial charge is 0.219 e. The van der Waals surface area contributed by atoms with Crippen molar-refractivity contribution >= 4 is 27.5 Å². The van der Waals surface area contributed by atoms with Gasteiger partial charge in [-0.1, -0.05) is 15.9 Å². The minimum atomic E-state index is -0.508. The Kier molecular flexibility index (Phi) is 4.16. The summed E-state index contributed by atoms with van der Waals surface area (Å²) in [4.78, 5) is 17.8. The second kappa shape index (κ2) is 6.58. The van der Waals surface area contributed by atoms with Crippen LogP contribution in [0.1, 0.15) is 43.4 Å². The van der Waals surface area contributed by atoms with E-state index in [1.165, 1.54) is 0 Å².